The summed E-state index contributed by atoms with van der Waals surface area (Å²) in [6, 6.07) is 4.70. The van der Waals surface area contributed by atoms with Gasteiger partial charge in [-0.05, 0) is 17.7 Å². The van der Waals surface area contributed by atoms with E-state index in [1.54, 1.807) is 0 Å². The molecule has 1 atom stereocenters. The predicted octanol–water partition coefficient (Wildman–Crippen LogP) is 3.68. The summed E-state index contributed by atoms with van der Waals surface area (Å²) in [6.45, 7) is 0. The molecule has 16 heavy (non-hydrogen) atoms. The number of rotatable bonds is 2. The first kappa shape index (κ1) is 13.4. The van der Waals surface area contributed by atoms with Gasteiger partial charge in [-0.1, -0.05) is 28.1 Å². The van der Waals surface area contributed by atoms with Crippen LogP contribution in [-0.2, 0) is 0 Å². The zero-order valence-corrected chi connectivity index (χ0v) is 9.19. The highest BCUT2D eigenvalue weighted by Gasteiger charge is 2.62. The summed E-state index contributed by atoms with van der Waals surface area (Å²) in [4.78, 5) is 0. The van der Waals surface area contributed by atoms with Crippen LogP contribution >= 0.6 is 15.9 Å². The van der Waals surface area contributed by atoms with Crippen LogP contribution in [0.1, 0.15) is 11.7 Å². The SMILES string of the molecule is OC(c1cccc(Br)c1)C(F)(F)C(F)(F)F. The molecule has 0 saturated heterocycles. The van der Waals surface area contributed by atoms with Gasteiger partial charge in [0.05, 0.1) is 0 Å². The van der Waals surface area contributed by atoms with E-state index in [1.165, 1.54) is 12.1 Å². The molecule has 1 nitrogen and oxygen atoms in total. The third-order valence-corrected chi connectivity index (χ3v) is 2.38. The molecule has 0 aliphatic rings. The molecular weight excluding hydrogens is 299 g/mol. The summed E-state index contributed by atoms with van der Waals surface area (Å²) in [7, 11) is 0. The second-order valence-corrected chi connectivity index (χ2v) is 3.99. The van der Waals surface area contributed by atoms with Crippen molar-refractivity contribution in [1.82, 2.24) is 0 Å². The average molecular weight is 305 g/mol. The van der Waals surface area contributed by atoms with Crippen molar-refractivity contribution in [3.8, 4) is 0 Å². The molecule has 0 radical (unpaired) electrons. The summed E-state index contributed by atoms with van der Waals surface area (Å²) in [6.07, 6.45) is -8.70. The first-order chi connectivity index (χ1) is 7.16. The van der Waals surface area contributed by atoms with Gasteiger partial charge in [0.1, 0.15) is 0 Å². The van der Waals surface area contributed by atoms with Gasteiger partial charge < -0.3 is 5.11 Å². The highest BCUT2D eigenvalue weighted by atomic mass is 79.9. The van der Waals surface area contributed by atoms with Crippen LogP contribution in [0.3, 0.4) is 0 Å². The van der Waals surface area contributed by atoms with Gasteiger partial charge in [0.25, 0.3) is 0 Å². The van der Waals surface area contributed by atoms with Gasteiger partial charge >= 0.3 is 12.1 Å². The Hall–Kier alpha value is -0.690. The van der Waals surface area contributed by atoms with Crippen LogP contribution in [-0.4, -0.2) is 17.2 Å². The molecule has 0 saturated carbocycles. The zero-order chi connectivity index (χ0) is 12.6. The molecule has 90 valence electrons. The summed E-state index contributed by atoms with van der Waals surface area (Å²) < 4.78 is 61.7. The smallest absolute Gasteiger partial charge is 0.382 e. The third-order valence-electron chi connectivity index (χ3n) is 1.89. The molecule has 0 heterocycles. The standard InChI is InChI=1S/C9H6BrF5O/c10-6-3-1-2-5(4-6)7(16)8(11,12)9(13,14)15/h1-4,7,16H. The van der Waals surface area contributed by atoms with E-state index in [-0.39, 0.29) is 0 Å². The monoisotopic (exact) mass is 304 g/mol. The normalized spacial score (nSPS) is 14.9. The van der Waals surface area contributed by atoms with Crippen molar-refractivity contribution in [2.75, 3.05) is 0 Å². The van der Waals surface area contributed by atoms with Crippen molar-refractivity contribution in [3.63, 3.8) is 0 Å². The van der Waals surface area contributed by atoms with Crippen LogP contribution in [0, 0.1) is 0 Å². The van der Waals surface area contributed by atoms with Gasteiger partial charge in [-0.3, -0.25) is 0 Å². The molecule has 1 rings (SSSR count). The van der Waals surface area contributed by atoms with Crippen LogP contribution in [0.4, 0.5) is 22.0 Å². The molecule has 7 heteroatoms. The fraction of sp³-hybridized carbons (Fsp3) is 0.333. The molecule has 0 bridgehead atoms. The van der Waals surface area contributed by atoms with Crippen molar-refractivity contribution >= 4 is 15.9 Å². The molecule has 0 aliphatic carbocycles. The first-order valence-electron chi connectivity index (χ1n) is 4.04. The summed E-state index contributed by atoms with van der Waals surface area (Å²) >= 11 is 2.91. The van der Waals surface area contributed by atoms with E-state index in [0.717, 1.165) is 12.1 Å². The Morgan fingerprint density at radius 3 is 2.12 bits per heavy atom. The Morgan fingerprint density at radius 2 is 1.69 bits per heavy atom. The van der Waals surface area contributed by atoms with Gasteiger partial charge in [-0.2, -0.15) is 22.0 Å². The van der Waals surface area contributed by atoms with Crippen LogP contribution in [0.5, 0.6) is 0 Å². The molecule has 0 fully saturated rings. The lowest BCUT2D eigenvalue weighted by atomic mass is 10.0. The van der Waals surface area contributed by atoms with Crippen molar-refractivity contribution in [3.05, 3.63) is 34.3 Å². The van der Waals surface area contributed by atoms with Gasteiger partial charge in [0.15, 0.2) is 6.10 Å². The third kappa shape index (κ3) is 2.52. The Bertz CT molecular complexity index is 376. The summed E-state index contributed by atoms with van der Waals surface area (Å²) in [5.74, 6) is -5.17. The van der Waals surface area contributed by atoms with Crippen LogP contribution in [0.2, 0.25) is 0 Å². The zero-order valence-electron chi connectivity index (χ0n) is 7.60. The second-order valence-electron chi connectivity index (χ2n) is 3.08. The highest BCUT2D eigenvalue weighted by molar-refractivity contribution is 9.10. The van der Waals surface area contributed by atoms with Gasteiger partial charge in [0, 0.05) is 4.47 Å². The number of alkyl halides is 5. The molecule has 1 unspecified atom stereocenters. The predicted molar refractivity (Wildman–Crippen MR) is 50.1 cm³/mol. The molecule has 1 N–H and O–H groups in total. The minimum atomic E-state index is -5.78. The molecule has 0 amide bonds. The fourth-order valence-electron chi connectivity index (χ4n) is 1.04. The molecule has 1 aromatic rings. The maximum absolute atomic E-state index is 12.8. The van der Waals surface area contributed by atoms with Crippen LogP contribution in [0.15, 0.2) is 28.7 Å². The second kappa shape index (κ2) is 4.29. The minimum absolute atomic E-state index is 0.307. The summed E-state index contributed by atoms with van der Waals surface area (Å²) in [5.41, 5.74) is -0.503. The lowest BCUT2D eigenvalue weighted by Crippen LogP contribution is -2.42. The Balaban J connectivity index is 3.07. The van der Waals surface area contributed by atoms with E-state index in [9.17, 15) is 22.0 Å². The van der Waals surface area contributed by atoms with E-state index < -0.39 is 23.8 Å². The number of hydrogen-bond donors (Lipinski definition) is 1. The lowest BCUT2D eigenvalue weighted by Gasteiger charge is -2.25. The fourth-order valence-corrected chi connectivity index (χ4v) is 1.46. The van der Waals surface area contributed by atoms with Crippen molar-refractivity contribution in [2.45, 2.75) is 18.2 Å². The number of aliphatic hydroxyl groups is 1. The van der Waals surface area contributed by atoms with E-state index in [0.29, 0.717) is 4.47 Å². The molecular formula is C9H6BrF5O. The first-order valence-corrected chi connectivity index (χ1v) is 4.83. The van der Waals surface area contributed by atoms with Crippen molar-refractivity contribution in [2.24, 2.45) is 0 Å². The largest absolute Gasteiger partial charge is 0.456 e. The van der Waals surface area contributed by atoms with Gasteiger partial charge in [-0.25, -0.2) is 0 Å². The Kier molecular flexibility index (Phi) is 3.59. The molecule has 0 spiro atoms. The van der Waals surface area contributed by atoms with Crippen LogP contribution in [0.25, 0.3) is 0 Å². The van der Waals surface area contributed by atoms with E-state index in [4.69, 9.17) is 5.11 Å². The minimum Gasteiger partial charge on any atom is -0.382 e. The Morgan fingerprint density at radius 1 is 1.12 bits per heavy atom. The van der Waals surface area contributed by atoms with Crippen molar-refractivity contribution < 1.29 is 27.1 Å². The average Bonchev–Trinajstić information content (AvgIpc) is 2.14. The van der Waals surface area contributed by atoms with E-state index in [1.807, 2.05) is 0 Å². The van der Waals surface area contributed by atoms with E-state index in [2.05, 4.69) is 15.9 Å². The maximum atomic E-state index is 12.8. The summed E-state index contributed by atoms with van der Waals surface area (Å²) in [5, 5.41) is 9.02. The number of halogens is 6. The number of aliphatic hydroxyl groups excluding tert-OH is 1. The topological polar surface area (TPSA) is 20.2 Å². The lowest BCUT2D eigenvalue weighted by molar-refractivity contribution is -0.315. The van der Waals surface area contributed by atoms with E-state index >= 15 is 0 Å². The van der Waals surface area contributed by atoms with Gasteiger partial charge in [0.2, 0.25) is 0 Å². The van der Waals surface area contributed by atoms with Gasteiger partial charge in [-0.15, -0.1) is 0 Å². The number of hydrogen-bond acceptors (Lipinski definition) is 1. The molecule has 0 aliphatic heterocycles. The highest BCUT2D eigenvalue weighted by Crippen LogP contribution is 2.44. The Labute approximate surface area is 96.0 Å². The molecule has 1 aromatic carbocycles. The van der Waals surface area contributed by atoms with Crippen molar-refractivity contribution in [1.29, 1.82) is 0 Å². The number of benzene rings is 1. The maximum Gasteiger partial charge on any atom is 0.456 e. The quantitative estimate of drug-likeness (QED) is 0.826. The molecule has 0 aromatic heterocycles. The van der Waals surface area contributed by atoms with Crippen LogP contribution < -0.4 is 0 Å².